The van der Waals surface area contributed by atoms with E-state index in [9.17, 15) is 0 Å². The van der Waals surface area contributed by atoms with Crippen molar-refractivity contribution >= 4 is 0 Å². The first-order chi connectivity index (χ1) is 6.06. The fraction of sp³-hybridized carbons (Fsp3) is 0.923. The summed E-state index contributed by atoms with van der Waals surface area (Å²) in [5, 5.41) is 0. The van der Waals surface area contributed by atoms with Gasteiger partial charge in [-0.25, -0.2) is 0 Å². The maximum atomic E-state index is 2.39. The third kappa shape index (κ3) is 8.21. The van der Waals surface area contributed by atoms with Crippen molar-refractivity contribution in [1.29, 1.82) is 0 Å². The zero-order valence-corrected chi connectivity index (χ0v) is 10.2. The molecule has 2 unspecified atom stereocenters. The average molecular weight is 183 g/mol. The standard InChI is InChI=1S/C13H27/c1-6-7-12(4)8-9-13(5)10-11(2)3/h12-13H,6-10H2,1-5H3/q+1. The zero-order valence-electron chi connectivity index (χ0n) is 10.2. The molecule has 0 aromatic carbocycles. The van der Waals surface area contributed by atoms with Crippen LogP contribution in [0.25, 0.3) is 0 Å². The van der Waals surface area contributed by atoms with Gasteiger partial charge in [-0.05, 0) is 18.3 Å². The molecule has 0 radical (unpaired) electrons. The summed E-state index contributed by atoms with van der Waals surface area (Å²) in [6, 6.07) is 0. The van der Waals surface area contributed by atoms with Crippen molar-refractivity contribution in [3.05, 3.63) is 5.92 Å². The van der Waals surface area contributed by atoms with Gasteiger partial charge in [0.05, 0.1) is 26.2 Å². The van der Waals surface area contributed by atoms with Crippen molar-refractivity contribution in [1.82, 2.24) is 0 Å². The Morgan fingerprint density at radius 3 is 1.92 bits per heavy atom. The summed E-state index contributed by atoms with van der Waals surface area (Å²) in [6.07, 6.45) is 6.89. The second kappa shape index (κ2) is 7.29. The van der Waals surface area contributed by atoms with Gasteiger partial charge in [-0.2, -0.15) is 0 Å². The summed E-state index contributed by atoms with van der Waals surface area (Å²) >= 11 is 0. The van der Waals surface area contributed by atoms with E-state index in [-0.39, 0.29) is 0 Å². The van der Waals surface area contributed by atoms with Gasteiger partial charge >= 0.3 is 0 Å². The molecule has 0 fully saturated rings. The molecule has 0 heteroatoms. The maximum Gasteiger partial charge on any atom is 0.0919 e. The molecule has 13 heavy (non-hydrogen) atoms. The smallest absolute Gasteiger partial charge is 0.0654 e. The molecular weight excluding hydrogens is 156 g/mol. The molecule has 0 saturated carbocycles. The predicted molar refractivity (Wildman–Crippen MR) is 61.7 cm³/mol. The molecule has 0 bridgehead atoms. The molecule has 0 aliphatic rings. The van der Waals surface area contributed by atoms with Crippen LogP contribution in [-0.4, -0.2) is 0 Å². The van der Waals surface area contributed by atoms with Crippen LogP contribution in [0.1, 0.15) is 66.7 Å². The number of rotatable bonds is 7. The molecular formula is C13H27+. The summed E-state index contributed by atoms with van der Waals surface area (Å²) in [5.41, 5.74) is 0. The molecule has 0 N–H and O–H groups in total. The van der Waals surface area contributed by atoms with Gasteiger partial charge in [-0.15, -0.1) is 0 Å². The van der Waals surface area contributed by atoms with Gasteiger partial charge in [0.1, 0.15) is 0 Å². The normalized spacial score (nSPS) is 15.5. The summed E-state index contributed by atoms with van der Waals surface area (Å²) in [4.78, 5) is 0. The second-order valence-electron chi connectivity index (χ2n) is 4.99. The van der Waals surface area contributed by atoms with E-state index in [0.29, 0.717) is 0 Å². The van der Waals surface area contributed by atoms with Gasteiger partial charge in [0.25, 0.3) is 0 Å². The maximum absolute atomic E-state index is 2.39. The van der Waals surface area contributed by atoms with Crippen LogP contribution in [-0.2, 0) is 0 Å². The molecule has 2 atom stereocenters. The van der Waals surface area contributed by atoms with E-state index < -0.39 is 0 Å². The zero-order chi connectivity index (χ0) is 10.3. The Hall–Kier alpha value is -0.130. The van der Waals surface area contributed by atoms with Crippen molar-refractivity contribution in [2.45, 2.75) is 66.7 Å². The van der Waals surface area contributed by atoms with Crippen LogP contribution in [0.5, 0.6) is 0 Å². The van der Waals surface area contributed by atoms with Crippen LogP contribution < -0.4 is 0 Å². The van der Waals surface area contributed by atoms with Gasteiger partial charge in [0.2, 0.25) is 0 Å². The molecule has 0 amide bonds. The molecule has 78 valence electrons. The number of hydrogen-bond donors (Lipinski definition) is 0. The summed E-state index contributed by atoms with van der Waals surface area (Å²) in [7, 11) is 0. The molecule has 0 aliphatic carbocycles. The van der Waals surface area contributed by atoms with E-state index in [1.807, 2.05) is 0 Å². The Morgan fingerprint density at radius 1 is 0.923 bits per heavy atom. The van der Waals surface area contributed by atoms with Crippen LogP contribution in [0.15, 0.2) is 0 Å². The van der Waals surface area contributed by atoms with Crippen LogP contribution in [0.3, 0.4) is 0 Å². The monoisotopic (exact) mass is 183 g/mol. The lowest BCUT2D eigenvalue weighted by Gasteiger charge is -2.13. The van der Waals surface area contributed by atoms with Crippen LogP contribution >= 0.6 is 0 Å². The molecule has 0 saturated heterocycles. The Bertz CT molecular complexity index is 105. The Balaban J connectivity index is 3.40. The third-order valence-electron chi connectivity index (χ3n) is 2.69. The summed E-state index contributed by atoms with van der Waals surface area (Å²) in [5.74, 6) is 3.41. The molecule has 0 heterocycles. The number of hydrogen-bond acceptors (Lipinski definition) is 0. The molecule has 0 rings (SSSR count). The van der Waals surface area contributed by atoms with Gasteiger partial charge < -0.3 is 0 Å². The van der Waals surface area contributed by atoms with Crippen molar-refractivity contribution in [3.8, 4) is 0 Å². The molecule has 0 spiro atoms. The Kier molecular flexibility index (Phi) is 7.22. The summed E-state index contributed by atoms with van der Waals surface area (Å²) in [6.45, 7) is 11.5. The highest BCUT2D eigenvalue weighted by Gasteiger charge is 2.13. The minimum atomic E-state index is 0.893. The fourth-order valence-corrected chi connectivity index (χ4v) is 2.01. The highest BCUT2D eigenvalue weighted by Crippen LogP contribution is 2.21. The van der Waals surface area contributed by atoms with E-state index in [1.54, 1.807) is 5.92 Å². The quantitative estimate of drug-likeness (QED) is 0.495. The first-order valence-corrected chi connectivity index (χ1v) is 5.85. The fourth-order valence-electron chi connectivity index (χ4n) is 2.01. The average Bonchev–Trinajstić information content (AvgIpc) is 2.00. The second-order valence-corrected chi connectivity index (χ2v) is 4.99. The topological polar surface area (TPSA) is 0 Å². The molecule has 0 nitrogen and oxygen atoms in total. The van der Waals surface area contributed by atoms with Crippen molar-refractivity contribution in [2.24, 2.45) is 11.8 Å². The van der Waals surface area contributed by atoms with Crippen LogP contribution in [0.4, 0.5) is 0 Å². The minimum absolute atomic E-state index is 0.893. The van der Waals surface area contributed by atoms with Crippen molar-refractivity contribution < 1.29 is 0 Å². The Morgan fingerprint density at radius 2 is 1.46 bits per heavy atom. The van der Waals surface area contributed by atoms with E-state index in [2.05, 4.69) is 34.6 Å². The molecule has 0 aromatic rings. The lowest BCUT2D eigenvalue weighted by atomic mass is 9.90. The first-order valence-electron chi connectivity index (χ1n) is 5.85. The third-order valence-corrected chi connectivity index (χ3v) is 2.69. The summed E-state index contributed by atoms with van der Waals surface area (Å²) < 4.78 is 0. The van der Waals surface area contributed by atoms with Gasteiger partial charge in [0.15, 0.2) is 0 Å². The highest BCUT2D eigenvalue weighted by molar-refractivity contribution is 4.79. The lowest BCUT2D eigenvalue weighted by molar-refractivity contribution is 0.400. The van der Waals surface area contributed by atoms with Crippen molar-refractivity contribution in [3.63, 3.8) is 0 Å². The Labute approximate surface area is 85.1 Å². The predicted octanol–water partition coefficient (Wildman–Crippen LogP) is 4.84. The first kappa shape index (κ1) is 12.9. The van der Waals surface area contributed by atoms with E-state index in [1.165, 1.54) is 32.1 Å². The minimum Gasteiger partial charge on any atom is -0.0654 e. The van der Waals surface area contributed by atoms with Crippen LogP contribution in [0.2, 0.25) is 0 Å². The lowest BCUT2D eigenvalue weighted by Crippen LogP contribution is -2.02. The largest absolute Gasteiger partial charge is 0.0919 e. The van der Waals surface area contributed by atoms with Gasteiger partial charge in [-0.3, -0.25) is 0 Å². The van der Waals surface area contributed by atoms with E-state index >= 15 is 0 Å². The highest BCUT2D eigenvalue weighted by atomic mass is 14.1. The van der Waals surface area contributed by atoms with Gasteiger partial charge in [0, 0.05) is 0 Å². The molecule has 0 aromatic heterocycles. The van der Waals surface area contributed by atoms with Gasteiger partial charge in [-0.1, -0.05) is 40.0 Å². The van der Waals surface area contributed by atoms with E-state index in [0.717, 1.165) is 11.8 Å². The van der Waals surface area contributed by atoms with E-state index in [4.69, 9.17) is 0 Å². The van der Waals surface area contributed by atoms with Crippen LogP contribution in [0, 0.1) is 17.8 Å². The van der Waals surface area contributed by atoms with Crippen molar-refractivity contribution in [2.75, 3.05) is 0 Å². The molecule has 0 aliphatic heterocycles. The SMILES string of the molecule is CCCC(C)CCC(C)C[C+](C)C.